The van der Waals surface area contributed by atoms with Crippen LogP contribution in [0.4, 0.5) is 0 Å². The first-order valence-corrected chi connectivity index (χ1v) is 9.43. The number of pyridine rings is 1. The van der Waals surface area contributed by atoms with Gasteiger partial charge in [-0.05, 0) is 54.5 Å². The number of H-pyrrole nitrogens is 1. The number of aromatic amines is 1. The molecule has 0 spiro atoms. The maximum atomic E-state index is 9.61. The third kappa shape index (κ3) is 3.71. The van der Waals surface area contributed by atoms with Crippen molar-refractivity contribution in [3.05, 3.63) is 50.6 Å². The number of aromatic nitrogens is 1. The Labute approximate surface area is 153 Å². The number of rotatable bonds is 1. The van der Waals surface area contributed by atoms with Crippen molar-refractivity contribution in [2.75, 3.05) is 0 Å². The van der Waals surface area contributed by atoms with Gasteiger partial charge in [0.05, 0.1) is 5.56 Å². The Hall–Kier alpha value is -1.63. The third-order valence-electron chi connectivity index (χ3n) is 4.78. The monoisotopic (exact) mass is 356 g/mol. The van der Waals surface area contributed by atoms with E-state index in [1.807, 2.05) is 24.3 Å². The second-order valence-corrected chi connectivity index (χ2v) is 7.25. The molecular formula is C20H21ClN2S. The fourth-order valence-electron chi connectivity index (χ4n) is 3.53. The smallest absolute Gasteiger partial charge is 0.121 e. The van der Waals surface area contributed by atoms with Gasteiger partial charge in [-0.2, -0.15) is 5.26 Å². The van der Waals surface area contributed by atoms with Gasteiger partial charge in [-0.1, -0.05) is 61.6 Å². The van der Waals surface area contributed by atoms with E-state index in [0.717, 1.165) is 47.5 Å². The van der Waals surface area contributed by atoms with Crippen molar-refractivity contribution in [1.82, 2.24) is 4.98 Å². The first-order valence-electron chi connectivity index (χ1n) is 8.65. The highest BCUT2D eigenvalue weighted by molar-refractivity contribution is 7.71. The molecule has 4 heteroatoms. The van der Waals surface area contributed by atoms with E-state index in [4.69, 9.17) is 23.8 Å². The number of benzene rings is 1. The van der Waals surface area contributed by atoms with E-state index in [2.05, 4.69) is 11.1 Å². The van der Waals surface area contributed by atoms with Gasteiger partial charge in [-0.25, -0.2) is 0 Å². The number of nitrogens with one attached hydrogen (secondary N) is 1. The van der Waals surface area contributed by atoms with Gasteiger partial charge in [-0.3, -0.25) is 0 Å². The number of halogens is 1. The summed E-state index contributed by atoms with van der Waals surface area (Å²) >= 11 is 11.5. The van der Waals surface area contributed by atoms with Crippen molar-refractivity contribution in [2.24, 2.45) is 0 Å². The highest BCUT2D eigenvalue weighted by atomic mass is 35.5. The molecule has 3 rings (SSSR count). The molecule has 2 nitrogen and oxygen atoms in total. The molecule has 1 N–H and O–H groups in total. The minimum Gasteiger partial charge on any atom is -0.345 e. The predicted octanol–water partition coefficient (Wildman–Crippen LogP) is 6.38. The molecule has 2 aromatic rings. The van der Waals surface area contributed by atoms with E-state index in [1.54, 1.807) is 0 Å². The number of hydrogen-bond donors (Lipinski definition) is 1. The van der Waals surface area contributed by atoms with Gasteiger partial charge >= 0.3 is 0 Å². The summed E-state index contributed by atoms with van der Waals surface area (Å²) < 4.78 is 0.554. The summed E-state index contributed by atoms with van der Waals surface area (Å²) in [6, 6.07) is 10.2. The summed E-state index contributed by atoms with van der Waals surface area (Å²) in [5.41, 5.74) is 5.24. The maximum Gasteiger partial charge on any atom is 0.121 e. The van der Waals surface area contributed by atoms with Crippen molar-refractivity contribution in [2.45, 2.75) is 51.4 Å². The fourth-order valence-corrected chi connectivity index (χ4v) is 3.93. The second-order valence-electron chi connectivity index (χ2n) is 6.40. The second kappa shape index (κ2) is 7.96. The average Bonchev–Trinajstić information content (AvgIpc) is 2.59. The van der Waals surface area contributed by atoms with Crippen LogP contribution >= 0.6 is 23.8 Å². The van der Waals surface area contributed by atoms with Crippen LogP contribution in [0.25, 0.3) is 11.3 Å². The highest BCUT2D eigenvalue weighted by Gasteiger charge is 2.17. The quantitative estimate of drug-likeness (QED) is 0.602. The Morgan fingerprint density at radius 2 is 1.50 bits per heavy atom. The summed E-state index contributed by atoms with van der Waals surface area (Å²) in [7, 11) is 0. The molecule has 1 aliphatic rings. The molecule has 1 aromatic heterocycles. The van der Waals surface area contributed by atoms with Crippen LogP contribution in [0.1, 0.15) is 55.2 Å². The Morgan fingerprint density at radius 1 is 0.917 bits per heavy atom. The Balaban J connectivity index is 2.18. The van der Waals surface area contributed by atoms with Crippen molar-refractivity contribution < 1.29 is 0 Å². The lowest BCUT2D eigenvalue weighted by molar-refractivity contribution is 0.580. The molecule has 0 aliphatic heterocycles. The van der Waals surface area contributed by atoms with Gasteiger partial charge in [-0.15, -0.1) is 0 Å². The average molecular weight is 357 g/mol. The van der Waals surface area contributed by atoms with Crippen molar-refractivity contribution in [3.8, 4) is 17.3 Å². The molecule has 124 valence electrons. The molecule has 1 heterocycles. The van der Waals surface area contributed by atoms with Gasteiger partial charge in [0.25, 0.3) is 0 Å². The summed E-state index contributed by atoms with van der Waals surface area (Å²) in [5, 5.41) is 10.3. The number of fused-ring (bicyclic) bond motifs is 1. The Kier molecular flexibility index (Phi) is 5.71. The zero-order valence-electron chi connectivity index (χ0n) is 13.7. The summed E-state index contributed by atoms with van der Waals surface area (Å²) in [5.74, 6) is 0. The van der Waals surface area contributed by atoms with E-state index in [1.165, 1.54) is 31.2 Å². The Bertz CT molecular complexity index is 815. The molecule has 1 aliphatic carbocycles. The lowest BCUT2D eigenvalue weighted by Gasteiger charge is -2.18. The number of nitriles is 1. The van der Waals surface area contributed by atoms with Gasteiger partial charge in [0.15, 0.2) is 0 Å². The minimum atomic E-state index is 0.554. The SMILES string of the molecule is N#Cc1c2c(c(-c3ccc(Cl)cc3)[nH]c1=S)CCCCCCCC2. The molecule has 1 aromatic carbocycles. The molecule has 24 heavy (non-hydrogen) atoms. The molecule has 0 unspecified atom stereocenters. The molecule has 0 amide bonds. The van der Waals surface area contributed by atoms with E-state index < -0.39 is 0 Å². The van der Waals surface area contributed by atoms with E-state index in [9.17, 15) is 5.26 Å². The van der Waals surface area contributed by atoms with Gasteiger partial charge in [0.1, 0.15) is 10.7 Å². The minimum absolute atomic E-state index is 0.554. The van der Waals surface area contributed by atoms with Crippen LogP contribution < -0.4 is 0 Å². The standard InChI is InChI=1S/C20H21ClN2S/c21-15-11-9-14(10-12-15)19-17-8-6-4-2-1-3-5-7-16(17)18(13-22)20(24)23-19/h9-12H,1-8H2,(H,23,24). The van der Waals surface area contributed by atoms with Gasteiger partial charge in [0.2, 0.25) is 0 Å². The summed E-state index contributed by atoms with van der Waals surface area (Å²) in [6.45, 7) is 0. The van der Waals surface area contributed by atoms with Crippen LogP contribution in [0.2, 0.25) is 5.02 Å². The summed E-state index contributed by atoms with van der Waals surface area (Å²) in [4.78, 5) is 3.32. The number of nitrogens with zero attached hydrogens (tertiary/aromatic N) is 1. The number of hydrogen-bond acceptors (Lipinski definition) is 2. The van der Waals surface area contributed by atoms with Gasteiger partial charge < -0.3 is 4.98 Å². The van der Waals surface area contributed by atoms with E-state index in [0.29, 0.717) is 10.2 Å². The predicted molar refractivity (Wildman–Crippen MR) is 102 cm³/mol. The van der Waals surface area contributed by atoms with Crippen molar-refractivity contribution >= 4 is 23.8 Å². The van der Waals surface area contributed by atoms with E-state index in [-0.39, 0.29) is 0 Å². The third-order valence-corrected chi connectivity index (χ3v) is 5.34. The maximum absolute atomic E-state index is 9.61. The fraction of sp³-hybridized carbons (Fsp3) is 0.400. The first kappa shape index (κ1) is 17.2. The van der Waals surface area contributed by atoms with Crippen LogP contribution in [-0.2, 0) is 12.8 Å². The van der Waals surface area contributed by atoms with Crippen LogP contribution in [0.3, 0.4) is 0 Å². The van der Waals surface area contributed by atoms with Crippen LogP contribution in [0, 0.1) is 16.0 Å². The largest absolute Gasteiger partial charge is 0.345 e. The summed E-state index contributed by atoms with van der Waals surface area (Å²) in [6.07, 6.45) is 9.29. The van der Waals surface area contributed by atoms with Crippen LogP contribution in [0.15, 0.2) is 24.3 Å². The molecule has 0 fully saturated rings. The Morgan fingerprint density at radius 3 is 2.12 bits per heavy atom. The molecule has 0 atom stereocenters. The lowest BCUT2D eigenvalue weighted by atomic mass is 9.89. The first-order chi connectivity index (χ1) is 11.7. The van der Waals surface area contributed by atoms with Crippen LogP contribution in [-0.4, -0.2) is 4.98 Å². The molecule has 0 bridgehead atoms. The molecule has 0 saturated heterocycles. The zero-order valence-corrected chi connectivity index (χ0v) is 15.3. The van der Waals surface area contributed by atoms with Crippen LogP contribution in [0.5, 0.6) is 0 Å². The molecule has 0 radical (unpaired) electrons. The van der Waals surface area contributed by atoms with Crippen molar-refractivity contribution in [3.63, 3.8) is 0 Å². The normalized spacial score (nSPS) is 15.3. The van der Waals surface area contributed by atoms with Gasteiger partial charge in [0, 0.05) is 10.7 Å². The molecular weight excluding hydrogens is 336 g/mol. The highest BCUT2D eigenvalue weighted by Crippen LogP contribution is 2.31. The molecule has 0 saturated carbocycles. The van der Waals surface area contributed by atoms with E-state index >= 15 is 0 Å². The lowest BCUT2D eigenvalue weighted by Crippen LogP contribution is -2.06. The topological polar surface area (TPSA) is 39.6 Å². The van der Waals surface area contributed by atoms with Crippen molar-refractivity contribution in [1.29, 1.82) is 5.26 Å². The zero-order chi connectivity index (χ0) is 16.9.